The smallest absolute Gasteiger partial charge is 0.286 e. The first-order valence-corrected chi connectivity index (χ1v) is 11.6. The molecule has 1 N–H and O–H groups in total. The summed E-state index contributed by atoms with van der Waals surface area (Å²) < 4.78 is 14.7. The second kappa shape index (κ2) is 9.58. The zero-order valence-electron chi connectivity index (χ0n) is 14.5. The quantitative estimate of drug-likeness (QED) is 0.502. The van der Waals surface area contributed by atoms with E-state index in [0.29, 0.717) is 17.4 Å². The first kappa shape index (κ1) is 20.2. The van der Waals surface area contributed by atoms with Crippen LogP contribution < -0.4 is 5.32 Å². The lowest BCUT2D eigenvalue weighted by molar-refractivity contribution is 0.102. The predicted octanol–water partition coefficient (Wildman–Crippen LogP) is 4.82. The number of amides is 1. The van der Waals surface area contributed by atoms with Crippen molar-refractivity contribution in [3.8, 4) is 0 Å². The van der Waals surface area contributed by atoms with Crippen molar-refractivity contribution in [3.05, 3.63) is 40.1 Å². The largest absolute Gasteiger partial charge is 0.320 e. The van der Waals surface area contributed by atoms with Crippen LogP contribution in [-0.2, 0) is 5.75 Å². The molecule has 0 fully saturated rings. The number of nitrogens with one attached hydrogen (secondary N) is 1. The van der Waals surface area contributed by atoms with E-state index in [4.69, 9.17) is 0 Å². The molecule has 0 aliphatic heterocycles. The van der Waals surface area contributed by atoms with Gasteiger partial charge in [0.15, 0.2) is 8.68 Å². The second-order valence-electron chi connectivity index (χ2n) is 5.79. The number of hydrogen-bond acceptors (Lipinski definition) is 9. The van der Waals surface area contributed by atoms with Gasteiger partial charge in [0.25, 0.3) is 5.91 Å². The van der Waals surface area contributed by atoms with Crippen LogP contribution in [0.5, 0.6) is 0 Å². The maximum atomic E-state index is 12.9. The van der Waals surface area contributed by atoms with E-state index in [0.717, 1.165) is 19.4 Å². The monoisotopic (exact) mass is 441 g/mol. The Labute approximate surface area is 172 Å². The summed E-state index contributed by atoms with van der Waals surface area (Å²) >= 11 is 6.02. The molecular weight excluding hydrogens is 425 g/mol. The fraction of sp³-hybridized carbons (Fsp3) is 0.312. The molecule has 0 aliphatic carbocycles. The Morgan fingerprint density at radius 3 is 2.48 bits per heavy atom. The van der Waals surface area contributed by atoms with E-state index >= 15 is 0 Å². The van der Waals surface area contributed by atoms with Crippen LogP contribution in [-0.4, -0.2) is 32.1 Å². The molecule has 0 radical (unpaired) electrons. The lowest BCUT2D eigenvalue weighted by Crippen LogP contribution is -2.11. The maximum absolute atomic E-state index is 12.9. The van der Waals surface area contributed by atoms with Crippen molar-refractivity contribution in [2.24, 2.45) is 5.92 Å². The number of hydrogen-bond donors (Lipinski definition) is 1. The van der Waals surface area contributed by atoms with Crippen molar-refractivity contribution >= 4 is 57.8 Å². The van der Waals surface area contributed by atoms with Crippen LogP contribution >= 0.6 is 46.2 Å². The first-order valence-electron chi connectivity index (χ1n) is 7.98. The molecule has 6 nitrogen and oxygen atoms in total. The van der Waals surface area contributed by atoms with Gasteiger partial charge < -0.3 is 5.32 Å². The van der Waals surface area contributed by atoms with E-state index in [1.807, 2.05) is 0 Å². The molecule has 3 aromatic rings. The Bertz CT molecular complexity index is 896. The summed E-state index contributed by atoms with van der Waals surface area (Å²) in [5, 5.41) is 20.0. The first-order chi connectivity index (χ1) is 13.0. The van der Waals surface area contributed by atoms with E-state index in [1.165, 1.54) is 47.4 Å². The molecule has 11 heteroatoms. The number of carbonyl (C=O) groups is 1. The summed E-state index contributed by atoms with van der Waals surface area (Å²) in [7, 11) is 0. The molecule has 1 aromatic carbocycles. The molecule has 1 amide bonds. The standard InChI is InChI=1S/C16H16FN5OS4/c1-9(2)7-24-15-21-22-16(27-15)25-8-12-19-20-14(26-12)13(23)18-11-5-3-10(17)4-6-11/h3-6,9H,7-8H2,1-2H3,(H,18,23). The SMILES string of the molecule is CC(C)CSc1nnc(SCc2nnc(C(=O)Nc3ccc(F)cc3)s2)s1. The number of carbonyl (C=O) groups excluding carboxylic acids is 1. The van der Waals surface area contributed by atoms with Gasteiger partial charge in [-0.15, -0.1) is 20.4 Å². The number of benzene rings is 1. The van der Waals surface area contributed by atoms with Gasteiger partial charge in [0.05, 0.1) is 5.75 Å². The molecule has 0 saturated heterocycles. The Morgan fingerprint density at radius 2 is 1.78 bits per heavy atom. The number of anilines is 1. The zero-order valence-corrected chi connectivity index (χ0v) is 17.8. The van der Waals surface area contributed by atoms with Gasteiger partial charge in [-0.3, -0.25) is 4.79 Å². The van der Waals surface area contributed by atoms with Crippen molar-refractivity contribution in [2.75, 3.05) is 11.1 Å². The highest BCUT2D eigenvalue weighted by molar-refractivity contribution is 8.03. The van der Waals surface area contributed by atoms with Crippen LogP contribution in [0.2, 0.25) is 0 Å². The maximum Gasteiger partial charge on any atom is 0.286 e. The normalized spacial score (nSPS) is 11.1. The van der Waals surface area contributed by atoms with Gasteiger partial charge in [-0.25, -0.2) is 4.39 Å². The van der Waals surface area contributed by atoms with Crippen molar-refractivity contribution in [1.82, 2.24) is 20.4 Å². The van der Waals surface area contributed by atoms with Crippen molar-refractivity contribution in [1.29, 1.82) is 0 Å². The third-order valence-corrected chi connectivity index (χ3v) is 7.74. The van der Waals surface area contributed by atoms with Crippen LogP contribution in [0.3, 0.4) is 0 Å². The highest BCUT2D eigenvalue weighted by atomic mass is 32.2. The van der Waals surface area contributed by atoms with Crippen LogP contribution in [0, 0.1) is 11.7 Å². The molecule has 3 rings (SSSR count). The molecule has 0 saturated carbocycles. The third kappa shape index (κ3) is 6.23. The van der Waals surface area contributed by atoms with Gasteiger partial charge in [0.1, 0.15) is 10.8 Å². The Morgan fingerprint density at radius 1 is 1.07 bits per heavy atom. The molecule has 27 heavy (non-hydrogen) atoms. The number of rotatable bonds is 8. The average Bonchev–Trinajstić information content (AvgIpc) is 3.29. The summed E-state index contributed by atoms with van der Waals surface area (Å²) in [4.78, 5) is 12.2. The average molecular weight is 442 g/mol. The molecule has 0 bridgehead atoms. The highest BCUT2D eigenvalue weighted by Gasteiger charge is 2.14. The van der Waals surface area contributed by atoms with Crippen molar-refractivity contribution in [2.45, 2.75) is 28.3 Å². The fourth-order valence-corrected chi connectivity index (χ4v) is 5.51. The minimum absolute atomic E-state index is 0.264. The van der Waals surface area contributed by atoms with Crippen LogP contribution in [0.25, 0.3) is 0 Å². The van der Waals surface area contributed by atoms with Crippen LogP contribution in [0.1, 0.15) is 28.7 Å². The summed E-state index contributed by atoms with van der Waals surface area (Å²) in [6, 6.07) is 5.56. The van der Waals surface area contributed by atoms with E-state index in [9.17, 15) is 9.18 Å². The molecule has 0 aliphatic rings. The molecule has 142 valence electrons. The molecule has 2 aromatic heterocycles. The summed E-state index contributed by atoms with van der Waals surface area (Å²) in [6.45, 7) is 4.34. The lowest BCUT2D eigenvalue weighted by Gasteiger charge is -2.01. The van der Waals surface area contributed by atoms with E-state index < -0.39 is 0 Å². The van der Waals surface area contributed by atoms with Gasteiger partial charge in [-0.2, -0.15) is 0 Å². The molecular formula is C16H16FN5OS4. The summed E-state index contributed by atoms with van der Waals surface area (Å²) in [5.41, 5.74) is 0.507. The number of thioether (sulfide) groups is 2. The van der Waals surface area contributed by atoms with E-state index in [-0.39, 0.29) is 16.7 Å². The van der Waals surface area contributed by atoms with E-state index in [2.05, 4.69) is 39.6 Å². The Kier molecular flexibility index (Phi) is 7.16. The molecule has 0 atom stereocenters. The van der Waals surface area contributed by atoms with Crippen LogP contribution in [0.4, 0.5) is 10.1 Å². The van der Waals surface area contributed by atoms with Crippen LogP contribution in [0.15, 0.2) is 32.9 Å². The van der Waals surface area contributed by atoms with Gasteiger partial charge in [0, 0.05) is 11.4 Å². The molecule has 0 unspecified atom stereocenters. The predicted molar refractivity (Wildman–Crippen MR) is 109 cm³/mol. The molecule has 2 heterocycles. The minimum atomic E-state index is -0.362. The highest BCUT2D eigenvalue weighted by Crippen LogP contribution is 2.32. The van der Waals surface area contributed by atoms with Gasteiger partial charge >= 0.3 is 0 Å². The van der Waals surface area contributed by atoms with Gasteiger partial charge in [-0.1, -0.05) is 60.0 Å². The fourth-order valence-electron chi connectivity index (χ4n) is 1.80. The topological polar surface area (TPSA) is 80.7 Å². The summed E-state index contributed by atoms with van der Waals surface area (Å²) in [5.74, 6) is 1.48. The van der Waals surface area contributed by atoms with Gasteiger partial charge in [-0.05, 0) is 30.2 Å². The van der Waals surface area contributed by atoms with Crippen molar-refractivity contribution < 1.29 is 9.18 Å². The lowest BCUT2D eigenvalue weighted by atomic mass is 10.3. The number of aromatic nitrogens is 4. The van der Waals surface area contributed by atoms with E-state index in [1.54, 1.807) is 23.1 Å². The third-order valence-electron chi connectivity index (χ3n) is 3.01. The summed E-state index contributed by atoms with van der Waals surface area (Å²) in [6.07, 6.45) is 0. The Balaban J connectivity index is 1.51. The van der Waals surface area contributed by atoms with Crippen molar-refractivity contribution in [3.63, 3.8) is 0 Å². The Hall–Kier alpha value is -1.56. The minimum Gasteiger partial charge on any atom is -0.320 e. The second-order valence-corrected chi connectivity index (χ2v) is 10.3. The number of nitrogens with zero attached hydrogens (tertiary/aromatic N) is 4. The number of halogens is 1. The zero-order chi connectivity index (χ0) is 19.2. The van der Waals surface area contributed by atoms with Gasteiger partial charge in [0.2, 0.25) is 5.01 Å². The molecule has 0 spiro atoms.